The monoisotopic (exact) mass is 298 g/mol. The highest BCUT2D eigenvalue weighted by Gasteiger charge is 2.18. The molecule has 2 N–H and O–H groups in total. The highest BCUT2D eigenvalue weighted by molar-refractivity contribution is 6.13. The summed E-state index contributed by atoms with van der Waals surface area (Å²) in [5.41, 5.74) is 0.322. The number of methoxy groups -OCH3 is 1. The Morgan fingerprint density at radius 3 is 2.55 bits per heavy atom. The molecule has 0 radical (unpaired) electrons. The van der Waals surface area contributed by atoms with E-state index in [0.29, 0.717) is 21.9 Å². The molecular formula is C16H10O6. The highest BCUT2D eigenvalue weighted by Crippen LogP contribution is 2.37. The molecule has 6 nitrogen and oxygen atoms in total. The molecule has 0 fully saturated rings. The molecule has 22 heavy (non-hydrogen) atoms. The average Bonchev–Trinajstić information content (AvgIpc) is 2.85. The quantitative estimate of drug-likeness (QED) is 0.524. The maximum absolute atomic E-state index is 12.2. The lowest BCUT2D eigenvalue weighted by molar-refractivity contribution is 0.373. The van der Waals surface area contributed by atoms with Gasteiger partial charge in [0, 0.05) is 17.5 Å². The first-order valence-corrected chi connectivity index (χ1v) is 6.47. The molecule has 4 aromatic rings. The Balaban J connectivity index is 2.27. The van der Waals surface area contributed by atoms with Crippen LogP contribution in [0.15, 0.2) is 44.0 Å². The van der Waals surface area contributed by atoms with E-state index in [4.69, 9.17) is 13.6 Å². The van der Waals surface area contributed by atoms with Gasteiger partial charge in [-0.2, -0.15) is 0 Å². The second-order valence-electron chi connectivity index (χ2n) is 4.90. The summed E-state index contributed by atoms with van der Waals surface area (Å²) in [6.07, 6.45) is 0. The van der Waals surface area contributed by atoms with Gasteiger partial charge in [0.2, 0.25) is 0 Å². The minimum Gasteiger partial charge on any atom is -0.508 e. The molecule has 0 spiro atoms. The van der Waals surface area contributed by atoms with Crippen molar-refractivity contribution >= 4 is 32.9 Å². The van der Waals surface area contributed by atoms with Crippen LogP contribution in [0, 0.1) is 0 Å². The Morgan fingerprint density at radius 1 is 1.00 bits per heavy atom. The van der Waals surface area contributed by atoms with E-state index in [1.807, 2.05) is 0 Å². The van der Waals surface area contributed by atoms with Crippen LogP contribution in [-0.4, -0.2) is 17.3 Å². The third-order valence-electron chi connectivity index (χ3n) is 3.61. The van der Waals surface area contributed by atoms with Gasteiger partial charge in [0.1, 0.15) is 22.3 Å². The molecule has 4 rings (SSSR count). The minimum absolute atomic E-state index is 0.0375. The van der Waals surface area contributed by atoms with Crippen molar-refractivity contribution in [1.29, 1.82) is 0 Å². The van der Waals surface area contributed by atoms with Crippen LogP contribution in [0.25, 0.3) is 32.9 Å². The number of ether oxygens (including phenoxy) is 1. The summed E-state index contributed by atoms with van der Waals surface area (Å²) in [5.74, 6) is 0.146. The summed E-state index contributed by atoms with van der Waals surface area (Å²) in [5, 5.41) is 20.7. The lowest BCUT2D eigenvalue weighted by Crippen LogP contribution is -1.98. The lowest BCUT2D eigenvalue weighted by atomic mass is 10.1. The molecule has 0 amide bonds. The number of hydrogen-bond acceptors (Lipinski definition) is 6. The molecule has 2 heterocycles. The van der Waals surface area contributed by atoms with Crippen molar-refractivity contribution < 1.29 is 23.8 Å². The number of rotatable bonds is 1. The zero-order valence-electron chi connectivity index (χ0n) is 11.4. The Hall–Kier alpha value is -3.15. The first-order chi connectivity index (χ1) is 10.6. The van der Waals surface area contributed by atoms with E-state index in [9.17, 15) is 15.0 Å². The number of hydrogen-bond donors (Lipinski definition) is 2. The van der Waals surface area contributed by atoms with Crippen molar-refractivity contribution in [2.75, 3.05) is 7.11 Å². The van der Waals surface area contributed by atoms with E-state index in [0.717, 1.165) is 0 Å². The summed E-state index contributed by atoms with van der Waals surface area (Å²) in [7, 11) is 1.42. The van der Waals surface area contributed by atoms with Gasteiger partial charge in [0.15, 0.2) is 17.1 Å². The second-order valence-corrected chi connectivity index (χ2v) is 4.90. The molecule has 0 saturated heterocycles. The van der Waals surface area contributed by atoms with Gasteiger partial charge in [0.25, 0.3) is 0 Å². The predicted molar refractivity (Wildman–Crippen MR) is 79.6 cm³/mol. The van der Waals surface area contributed by atoms with E-state index in [2.05, 4.69) is 0 Å². The van der Waals surface area contributed by atoms with E-state index in [-0.39, 0.29) is 28.2 Å². The summed E-state index contributed by atoms with van der Waals surface area (Å²) >= 11 is 0. The van der Waals surface area contributed by atoms with Crippen LogP contribution in [0.5, 0.6) is 17.2 Å². The van der Waals surface area contributed by atoms with Gasteiger partial charge in [-0.3, -0.25) is 0 Å². The topological polar surface area (TPSA) is 93.0 Å². The third kappa shape index (κ3) is 1.57. The molecular weight excluding hydrogens is 288 g/mol. The van der Waals surface area contributed by atoms with Gasteiger partial charge < -0.3 is 23.8 Å². The molecule has 2 aromatic heterocycles. The largest absolute Gasteiger partial charge is 0.508 e. The van der Waals surface area contributed by atoms with Crippen molar-refractivity contribution in [1.82, 2.24) is 0 Å². The van der Waals surface area contributed by atoms with Gasteiger partial charge in [0.05, 0.1) is 12.5 Å². The summed E-state index contributed by atoms with van der Waals surface area (Å²) in [6, 6.07) is 7.34. The highest BCUT2D eigenvalue weighted by atomic mass is 16.5. The Bertz CT molecular complexity index is 1100. The van der Waals surface area contributed by atoms with Crippen LogP contribution in [0.2, 0.25) is 0 Å². The molecule has 0 atom stereocenters. The van der Waals surface area contributed by atoms with Crippen LogP contribution in [-0.2, 0) is 0 Å². The number of phenols is 2. The molecule has 6 heteroatoms. The van der Waals surface area contributed by atoms with E-state index in [1.54, 1.807) is 6.07 Å². The second kappa shape index (κ2) is 4.17. The number of phenolic OH excluding ortho intramolecular Hbond substituents is 2. The molecule has 0 saturated carbocycles. The van der Waals surface area contributed by atoms with Gasteiger partial charge in [-0.25, -0.2) is 4.79 Å². The molecule has 0 unspecified atom stereocenters. The Kier molecular flexibility index (Phi) is 2.39. The fraction of sp³-hybridized carbons (Fsp3) is 0.0625. The smallest absolute Gasteiger partial charge is 0.348 e. The van der Waals surface area contributed by atoms with E-state index in [1.165, 1.54) is 31.4 Å². The van der Waals surface area contributed by atoms with Crippen molar-refractivity contribution in [2.45, 2.75) is 0 Å². The maximum Gasteiger partial charge on any atom is 0.348 e. The molecule has 0 aliphatic rings. The fourth-order valence-corrected chi connectivity index (χ4v) is 2.60. The van der Waals surface area contributed by atoms with Gasteiger partial charge >= 0.3 is 5.63 Å². The average molecular weight is 298 g/mol. The normalized spacial score (nSPS) is 11.5. The van der Waals surface area contributed by atoms with Crippen LogP contribution in [0.3, 0.4) is 0 Å². The minimum atomic E-state index is -0.573. The molecule has 0 aliphatic carbocycles. The molecule has 110 valence electrons. The van der Waals surface area contributed by atoms with Gasteiger partial charge in [-0.1, -0.05) is 0 Å². The summed E-state index contributed by atoms with van der Waals surface area (Å²) in [6.45, 7) is 0. The SMILES string of the molecule is COc1cc2c(cc1O)oc(=O)c1c3ccc(O)cc3oc21. The van der Waals surface area contributed by atoms with Crippen molar-refractivity contribution in [2.24, 2.45) is 0 Å². The van der Waals surface area contributed by atoms with Crippen LogP contribution >= 0.6 is 0 Å². The number of benzene rings is 2. The summed E-state index contributed by atoms with van der Waals surface area (Å²) in [4.78, 5) is 12.2. The third-order valence-corrected chi connectivity index (χ3v) is 3.61. The van der Waals surface area contributed by atoms with Crippen molar-refractivity contribution in [3.63, 3.8) is 0 Å². The van der Waals surface area contributed by atoms with Gasteiger partial charge in [-0.15, -0.1) is 0 Å². The van der Waals surface area contributed by atoms with E-state index >= 15 is 0 Å². The molecule has 0 bridgehead atoms. The number of furan rings is 1. The fourth-order valence-electron chi connectivity index (χ4n) is 2.60. The number of aromatic hydroxyl groups is 2. The Labute approximate surface area is 122 Å². The Morgan fingerprint density at radius 2 is 1.77 bits per heavy atom. The van der Waals surface area contributed by atoms with Gasteiger partial charge in [-0.05, 0) is 18.2 Å². The summed E-state index contributed by atoms with van der Waals surface area (Å²) < 4.78 is 16.0. The standard InChI is InChI=1S/C16H10O6/c1-20-13-5-9-12(6-10(13)18)22-16(19)14-8-3-2-7(17)4-11(8)21-15(9)14/h2-6,17-18H,1H3. The predicted octanol–water partition coefficient (Wildman–Crippen LogP) is 3.11. The van der Waals surface area contributed by atoms with Crippen LogP contribution < -0.4 is 10.4 Å². The first-order valence-electron chi connectivity index (χ1n) is 6.47. The number of fused-ring (bicyclic) bond motifs is 5. The van der Waals surface area contributed by atoms with E-state index < -0.39 is 5.63 Å². The lowest BCUT2D eigenvalue weighted by Gasteiger charge is -2.04. The van der Waals surface area contributed by atoms with Crippen molar-refractivity contribution in [3.05, 3.63) is 40.8 Å². The van der Waals surface area contributed by atoms with Crippen LogP contribution in [0.1, 0.15) is 0 Å². The van der Waals surface area contributed by atoms with Crippen molar-refractivity contribution in [3.8, 4) is 17.2 Å². The maximum atomic E-state index is 12.2. The zero-order chi connectivity index (χ0) is 15.4. The van der Waals surface area contributed by atoms with Crippen LogP contribution in [0.4, 0.5) is 0 Å². The first kappa shape index (κ1) is 12.6. The molecule has 0 aliphatic heterocycles. The molecule has 2 aromatic carbocycles. The zero-order valence-corrected chi connectivity index (χ0v) is 11.4.